The van der Waals surface area contributed by atoms with Crippen molar-refractivity contribution in [1.29, 1.82) is 0 Å². The number of amides is 1. The van der Waals surface area contributed by atoms with E-state index in [1.807, 2.05) is 65.7 Å². The van der Waals surface area contributed by atoms with E-state index < -0.39 is 0 Å². The minimum atomic E-state index is -0.330. The van der Waals surface area contributed by atoms with Gasteiger partial charge in [-0.3, -0.25) is 9.36 Å². The van der Waals surface area contributed by atoms with Gasteiger partial charge in [0.1, 0.15) is 6.61 Å². The van der Waals surface area contributed by atoms with Crippen molar-refractivity contribution in [1.82, 2.24) is 19.4 Å². The first-order valence-electron chi connectivity index (χ1n) is 12.8. The maximum absolute atomic E-state index is 13.2. The number of likely N-dealkylation sites (N-methyl/N-ethyl adjacent to an activating group) is 1. The van der Waals surface area contributed by atoms with Gasteiger partial charge in [-0.15, -0.1) is 0 Å². The lowest BCUT2D eigenvalue weighted by atomic mass is 10.1. The molecular formula is C28H36N4O4. The second-order valence-corrected chi connectivity index (χ2v) is 9.46. The Morgan fingerprint density at radius 3 is 2.33 bits per heavy atom. The SMILES string of the molecule is CCOc1nc2ccc(C(=O)N3CCCCCC3)cc2n1Cc1ccc(C(=O)OCCN(C)C)cc1. The van der Waals surface area contributed by atoms with Gasteiger partial charge >= 0.3 is 5.97 Å². The number of ether oxygens (including phenoxy) is 2. The predicted octanol–water partition coefficient (Wildman–Crippen LogP) is 4.22. The van der Waals surface area contributed by atoms with Gasteiger partial charge in [-0.25, -0.2) is 4.79 Å². The zero-order valence-electron chi connectivity index (χ0n) is 21.5. The molecule has 192 valence electrons. The molecule has 0 spiro atoms. The van der Waals surface area contributed by atoms with E-state index in [0.717, 1.165) is 42.5 Å². The van der Waals surface area contributed by atoms with Gasteiger partial charge in [0.15, 0.2) is 0 Å². The maximum Gasteiger partial charge on any atom is 0.338 e. The fourth-order valence-corrected chi connectivity index (χ4v) is 4.42. The van der Waals surface area contributed by atoms with Crippen molar-refractivity contribution < 1.29 is 19.1 Å². The quantitative estimate of drug-likeness (QED) is 0.417. The summed E-state index contributed by atoms with van der Waals surface area (Å²) >= 11 is 0. The largest absolute Gasteiger partial charge is 0.465 e. The molecule has 2 heterocycles. The standard InChI is InChI=1S/C28H36N4O4/c1-4-35-28-29-24-14-13-23(26(33)31-15-7-5-6-8-16-31)19-25(24)32(28)20-21-9-11-22(12-10-21)27(34)36-18-17-30(2)3/h9-14,19H,4-8,15-18,20H2,1-3H3. The molecule has 0 atom stereocenters. The Hall–Kier alpha value is -3.39. The monoisotopic (exact) mass is 492 g/mol. The van der Waals surface area contributed by atoms with Crippen LogP contribution in [-0.4, -0.2) is 78.2 Å². The number of rotatable bonds is 9. The first-order valence-corrected chi connectivity index (χ1v) is 12.8. The van der Waals surface area contributed by atoms with Gasteiger partial charge in [0.25, 0.3) is 11.9 Å². The van der Waals surface area contributed by atoms with E-state index in [1.54, 1.807) is 12.1 Å². The lowest BCUT2D eigenvalue weighted by molar-refractivity contribution is 0.0481. The predicted molar refractivity (Wildman–Crippen MR) is 140 cm³/mol. The van der Waals surface area contributed by atoms with Crippen molar-refractivity contribution in [2.75, 3.05) is 46.9 Å². The third-order valence-electron chi connectivity index (χ3n) is 6.43. The molecule has 2 aromatic carbocycles. The van der Waals surface area contributed by atoms with Gasteiger partial charge in [-0.05, 0) is 69.8 Å². The second kappa shape index (κ2) is 12.0. The molecule has 1 saturated heterocycles. The van der Waals surface area contributed by atoms with E-state index in [-0.39, 0.29) is 11.9 Å². The minimum absolute atomic E-state index is 0.0710. The van der Waals surface area contributed by atoms with E-state index in [4.69, 9.17) is 9.47 Å². The Bertz CT molecular complexity index is 1180. The average Bonchev–Trinajstić information content (AvgIpc) is 3.02. The number of benzene rings is 2. The van der Waals surface area contributed by atoms with E-state index in [9.17, 15) is 9.59 Å². The first-order chi connectivity index (χ1) is 17.5. The molecule has 0 saturated carbocycles. The smallest absolute Gasteiger partial charge is 0.338 e. The summed E-state index contributed by atoms with van der Waals surface area (Å²) in [5.41, 5.74) is 3.82. The molecule has 8 heteroatoms. The molecule has 8 nitrogen and oxygen atoms in total. The van der Waals surface area contributed by atoms with Gasteiger partial charge < -0.3 is 19.3 Å². The highest BCUT2D eigenvalue weighted by Gasteiger charge is 2.20. The summed E-state index contributed by atoms with van der Waals surface area (Å²) in [6.45, 7) is 5.57. The van der Waals surface area contributed by atoms with Crippen LogP contribution in [0.4, 0.5) is 0 Å². The Labute approximate surface area is 212 Å². The third kappa shape index (κ3) is 6.23. The highest BCUT2D eigenvalue weighted by atomic mass is 16.5. The van der Waals surface area contributed by atoms with Crippen molar-refractivity contribution in [2.45, 2.75) is 39.2 Å². The number of fused-ring (bicyclic) bond motifs is 1. The van der Waals surface area contributed by atoms with Gasteiger partial charge in [0.2, 0.25) is 0 Å². The van der Waals surface area contributed by atoms with Crippen LogP contribution in [0.1, 0.15) is 58.9 Å². The van der Waals surface area contributed by atoms with Gasteiger partial charge in [0.05, 0.1) is 29.7 Å². The molecular weight excluding hydrogens is 456 g/mol. The molecule has 3 aromatic rings. The van der Waals surface area contributed by atoms with Crippen molar-refractivity contribution in [3.05, 3.63) is 59.2 Å². The van der Waals surface area contributed by atoms with Crippen LogP contribution in [0, 0.1) is 0 Å². The molecule has 36 heavy (non-hydrogen) atoms. The lowest BCUT2D eigenvalue weighted by Gasteiger charge is -2.20. The summed E-state index contributed by atoms with van der Waals surface area (Å²) in [5.74, 6) is -0.259. The summed E-state index contributed by atoms with van der Waals surface area (Å²) in [6, 6.07) is 13.6. The number of aromatic nitrogens is 2. The van der Waals surface area contributed by atoms with Gasteiger partial charge in [0, 0.05) is 25.2 Å². The Morgan fingerprint density at radius 2 is 1.67 bits per heavy atom. The Morgan fingerprint density at radius 1 is 0.972 bits per heavy atom. The Kier molecular flexibility index (Phi) is 8.59. The lowest BCUT2D eigenvalue weighted by Crippen LogP contribution is -2.31. The first kappa shape index (κ1) is 25.7. The van der Waals surface area contributed by atoms with Crippen LogP contribution in [0.2, 0.25) is 0 Å². The maximum atomic E-state index is 13.2. The van der Waals surface area contributed by atoms with Crippen LogP contribution in [0.15, 0.2) is 42.5 Å². The number of hydrogen-bond donors (Lipinski definition) is 0. The van der Waals surface area contributed by atoms with E-state index in [0.29, 0.717) is 43.4 Å². The number of carbonyl (C=O) groups excluding carboxylic acids is 2. The number of hydrogen-bond acceptors (Lipinski definition) is 6. The zero-order chi connectivity index (χ0) is 25.5. The second-order valence-electron chi connectivity index (χ2n) is 9.46. The number of esters is 1. The van der Waals surface area contributed by atoms with Crippen LogP contribution >= 0.6 is 0 Å². The van der Waals surface area contributed by atoms with Crippen LogP contribution in [0.5, 0.6) is 6.01 Å². The summed E-state index contributed by atoms with van der Waals surface area (Å²) in [4.78, 5) is 34.1. The third-order valence-corrected chi connectivity index (χ3v) is 6.43. The van der Waals surface area contributed by atoms with Gasteiger partial charge in [-0.2, -0.15) is 4.98 Å². The molecule has 1 fully saturated rings. The minimum Gasteiger partial charge on any atom is -0.465 e. The van der Waals surface area contributed by atoms with Crippen LogP contribution in [-0.2, 0) is 11.3 Å². The molecule has 1 aromatic heterocycles. The molecule has 4 rings (SSSR count). The topological polar surface area (TPSA) is 76.9 Å². The number of nitrogens with zero attached hydrogens (tertiary/aromatic N) is 4. The van der Waals surface area contributed by atoms with Crippen molar-refractivity contribution in [3.63, 3.8) is 0 Å². The normalized spacial score (nSPS) is 14.2. The van der Waals surface area contributed by atoms with Crippen LogP contribution in [0.25, 0.3) is 11.0 Å². The van der Waals surface area contributed by atoms with Gasteiger partial charge in [-0.1, -0.05) is 25.0 Å². The highest BCUT2D eigenvalue weighted by molar-refractivity contribution is 5.97. The molecule has 1 aliphatic heterocycles. The molecule has 1 amide bonds. The molecule has 0 unspecified atom stereocenters. The molecule has 1 aliphatic rings. The molecule has 0 aliphatic carbocycles. The average molecular weight is 493 g/mol. The highest BCUT2D eigenvalue weighted by Crippen LogP contribution is 2.25. The van der Waals surface area contributed by atoms with E-state index in [2.05, 4.69) is 4.98 Å². The summed E-state index contributed by atoms with van der Waals surface area (Å²) in [5, 5.41) is 0. The number of likely N-dealkylation sites (tertiary alicyclic amines) is 1. The van der Waals surface area contributed by atoms with E-state index in [1.165, 1.54) is 12.8 Å². The number of imidazole rings is 1. The fraction of sp³-hybridized carbons (Fsp3) is 0.464. The summed E-state index contributed by atoms with van der Waals surface area (Å²) in [6.07, 6.45) is 4.47. The van der Waals surface area contributed by atoms with E-state index >= 15 is 0 Å². The van der Waals surface area contributed by atoms with Crippen LogP contribution < -0.4 is 4.74 Å². The zero-order valence-corrected chi connectivity index (χ0v) is 21.5. The molecule has 0 N–H and O–H groups in total. The summed E-state index contributed by atoms with van der Waals surface area (Å²) < 4.78 is 13.2. The molecule has 0 radical (unpaired) electrons. The summed E-state index contributed by atoms with van der Waals surface area (Å²) in [7, 11) is 3.87. The van der Waals surface area contributed by atoms with Crippen molar-refractivity contribution in [2.24, 2.45) is 0 Å². The fourth-order valence-electron chi connectivity index (χ4n) is 4.42. The van der Waals surface area contributed by atoms with Crippen molar-refractivity contribution >= 4 is 22.9 Å². The number of carbonyl (C=O) groups is 2. The van der Waals surface area contributed by atoms with Crippen LogP contribution in [0.3, 0.4) is 0 Å². The van der Waals surface area contributed by atoms with Crippen molar-refractivity contribution in [3.8, 4) is 6.01 Å². The Balaban J connectivity index is 1.55. The molecule has 0 bridgehead atoms.